The lowest BCUT2D eigenvalue weighted by Gasteiger charge is -2.30. The van der Waals surface area contributed by atoms with Gasteiger partial charge in [0.1, 0.15) is 0 Å². The van der Waals surface area contributed by atoms with Crippen LogP contribution >= 0.6 is 0 Å². The fraction of sp³-hybridized carbons (Fsp3) is 0.263. The number of nitro groups is 1. The van der Waals surface area contributed by atoms with E-state index in [1.807, 2.05) is 0 Å². The van der Waals surface area contributed by atoms with Crippen LogP contribution in [0.3, 0.4) is 0 Å². The van der Waals surface area contributed by atoms with Crippen molar-refractivity contribution in [1.29, 1.82) is 0 Å². The number of benzene rings is 2. The lowest BCUT2D eigenvalue weighted by atomic mass is 9.96. The Hall–Kier alpha value is -3.42. The van der Waals surface area contributed by atoms with Gasteiger partial charge in [0.25, 0.3) is 5.91 Å². The summed E-state index contributed by atoms with van der Waals surface area (Å²) in [4.78, 5) is 36.7. The minimum atomic E-state index is -0.557. The van der Waals surface area contributed by atoms with Gasteiger partial charge in [0.2, 0.25) is 0 Å². The van der Waals surface area contributed by atoms with Gasteiger partial charge in [-0.2, -0.15) is 0 Å². The first-order valence-electron chi connectivity index (χ1n) is 8.39. The smallest absolute Gasteiger partial charge is 0.338 e. The van der Waals surface area contributed by atoms with Crippen LogP contribution < -0.4 is 9.64 Å². The fourth-order valence-electron chi connectivity index (χ4n) is 3.13. The van der Waals surface area contributed by atoms with Gasteiger partial charge in [0, 0.05) is 18.3 Å². The van der Waals surface area contributed by atoms with Gasteiger partial charge in [-0.25, -0.2) is 4.79 Å². The number of carbonyl (C=O) groups excluding carboxylic acids is 2. The summed E-state index contributed by atoms with van der Waals surface area (Å²) < 4.78 is 10.2. The van der Waals surface area contributed by atoms with E-state index in [2.05, 4.69) is 0 Å². The molecule has 0 saturated carbocycles. The molecular weight excluding hydrogens is 352 g/mol. The maximum Gasteiger partial charge on any atom is 0.338 e. The molecule has 1 amide bonds. The second-order valence-electron chi connectivity index (χ2n) is 5.96. The van der Waals surface area contributed by atoms with E-state index in [1.165, 1.54) is 25.3 Å². The number of nitrogens with zero attached hydrogens (tertiary/aromatic N) is 2. The van der Waals surface area contributed by atoms with Crippen molar-refractivity contribution < 1.29 is 24.0 Å². The third kappa shape index (κ3) is 3.74. The Kier molecular flexibility index (Phi) is 5.35. The molecule has 1 aliphatic heterocycles. The van der Waals surface area contributed by atoms with E-state index < -0.39 is 10.9 Å². The number of fused-ring (bicyclic) bond motifs is 1. The zero-order chi connectivity index (χ0) is 19.4. The average Bonchev–Trinajstić information content (AvgIpc) is 2.70. The number of ether oxygens (including phenoxy) is 2. The standard InChI is InChI=1S/C19H18N2O6/c1-26-19(23)14-6-4-9-15-13(14)7-5-11-20(15)18(22)12-27-17-10-3-2-8-16(17)21(24)25/h2-4,6,8-10H,5,7,11-12H2,1H3. The van der Waals surface area contributed by atoms with E-state index in [0.717, 1.165) is 5.56 Å². The van der Waals surface area contributed by atoms with Crippen molar-refractivity contribution in [3.63, 3.8) is 0 Å². The Morgan fingerprint density at radius 2 is 1.96 bits per heavy atom. The number of nitro benzene ring substituents is 1. The highest BCUT2D eigenvalue weighted by atomic mass is 16.6. The van der Waals surface area contributed by atoms with Gasteiger partial charge < -0.3 is 14.4 Å². The third-order valence-corrected chi connectivity index (χ3v) is 4.37. The maximum absolute atomic E-state index is 12.7. The summed E-state index contributed by atoms with van der Waals surface area (Å²) in [6, 6.07) is 11.0. The summed E-state index contributed by atoms with van der Waals surface area (Å²) in [7, 11) is 1.31. The Bertz CT molecular complexity index is 896. The molecular formula is C19H18N2O6. The topological polar surface area (TPSA) is 99.0 Å². The van der Waals surface area contributed by atoms with Crippen molar-refractivity contribution in [2.24, 2.45) is 0 Å². The number of para-hydroxylation sites is 2. The molecule has 0 N–H and O–H groups in total. The Balaban J connectivity index is 1.80. The molecule has 0 bridgehead atoms. The molecule has 0 atom stereocenters. The largest absolute Gasteiger partial charge is 0.477 e. The predicted octanol–water partition coefficient (Wildman–Crippen LogP) is 2.74. The van der Waals surface area contributed by atoms with Crippen molar-refractivity contribution in [3.05, 3.63) is 63.7 Å². The number of carbonyl (C=O) groups is 2. The molecule has 0 spiro atoms. The van der Waals surface area contributed by atoms with Gasteiger partial charge in [-0.05, 0) is 36.6 Å². The molecule has 8 nitrogen and oxygen atoms in total. The maximum atomic E-state index is 12.7. The van der Waals surface area contributed by atoms with E-state index >= 15 is 0 Å². The molecule has 2 aromatic rings. The van der Waals surface area contributed by atoms with E-state index in [-0.39, 0.29) is 24.0 Å². The Labute approximate surface area is 155 Å². The quantitative estimate of drug-likeness (QED) is 0.456. The third-order valence-electron chi connectivity index (χ3n) is 4.37. The lowest BCUT2D eigenvalue weighted by molar-refractivity contribution is -0.385. The van der Waals surface area contributed by atoms with E-state index in [1.54, 1.807) is 29.2 Å². The van der Waals surface area contributed by atoms with Crippen molar-refractivity contribution in [2.75, 3.05) is 25.2 Å². The number of methoxy groups -OCH3 is 1. The first-order valence-corrected chi connectivity index (χ1v) is 8.39. The van der Waals surface area contributed by atoms with Gasteiger partial charge in [-0.15, -0.1) is 0 Å². The highest BCUT2D eigenvalue weighted by Gasteiger charge is 2.27. The van der Waals surface area contributed by atoms with E-state index in [9.17, 15) is 19.7 Å². The number of hydrogen-bond acceptors (Lipinski definition) is 6. The zero-order valence-electron chi connectivity index (χ0n) is 14.7. The number of rotatable bonds is 5. The fourth-order valence-corrected chi connectivity index (χ4v) is 3.13. The van der Waals surface area contributed by atoms with E-state index in [4.69, 9.17) is 9.47 Å². The van der Waals surface area contributed by atoms with Crippen molar-refractivity contribution in [3.8, 4) is 5.75 Å². The van der Waals surface area contributed by atoms with Gasteiger partial charge in [0.15, 0.2) is 12.4 Å². The molecule has 0 unspecified atom stereocenters. The molecule has 8 heteroatoms. The van der Waals surface area contributed by atoms with Crippen molar-refractivity contribution in [1.82, 2.24) is 0 Å². The van der Waals surface area contributed by atoms with Gasteiger partial charge in [0.05, 0.1) is 17.6 Å². The highest BCUT2D eigenvalue weighted by Crippen LogP contribution is 2.31. The van der Waals surface area contributed by atoms with E-state index in [0.29, 0.717) is 30.6 Å². The van der Waals surface area contributed by atoms with Crippen LogP contribution in [0.4, 0.5) is 11.4 Å². The summed E-state index contributed by atoms with van der Waals surface area (Å²) in [5.41, 5.74) is 1.64. The first-order chi connectivity index (χ1) is 13.0. The van der Waals surface area contributed by atoms with Crippen LogP contribution in [0.5, 0.6) is 5.75 Å². The monoisotopic (exact) mass is 370 g/mol. The van der Waals surface area contributed by atoms with Crippen LogP contribution in [0.25, 0.3) is 0 Å². The van der Waals surface area contributed by atoms with Crippen LogP contribution in [0.2, 0.25) is 0 Å². The van der Waals surface area contributed by atoms with Crippen molar-refractivity contribution in [2.45, 2.75) is 12.8 Å². The second kappa shape index (κ2) is 7.86. The van der Waals surface area contributed by atoms with Gasteiger partial charge >= 0.3 is 11.7 Å². The zero-order valence-corrected chi connectivity index (χ0v) is 14.7. The summed E-state index contributed by atoms with van der Waals surface area (Å²) in [6.07, 6.45) is 1.35. The van der Waals surface area contributed by atoms with Crippen molar-refractivity contribution >= 4 is 23.3 Å². The molecule has 27 heavy (non-hydrogen) atoms. The number of anilines is 1. The minimum Gasteiger partial charge on any atom is -0.477 e. The number of amides is 1. The second-order valence-corrected chi connectivity index (χ2v) is 5.96. The van der Waals surface area contributed by atoms with Crippen LogP contribution in [0.1, 0.15) is 22.3 Å². The lowest BCUT2D eigenvalue weighted by Crippen LogP contribution is -2.39. The normalized spacial score (nSPS) is 12.9. The van der Waals surface area contributed by atoms with Gasteiger partial charge in [-0.3, -0.25) is 14.9 Å². The Morgan fingerprint density at radius 3 is 2.70 bits per heavy atom. The van der Waals surface area contributed by atoms with Crippen LogP contribution in [-0.4, -0.2) is 37.1 Å². The molecule has 2 aromatic carbocycles. The molecule has 0 radical (unpaired) electrons. The highest BCUT2D eigenvalue weighted by molar-refractivity contribution is 5.99. The van der Waals surface area contributed by atoms with Crippen LogP contribution in [0.15, 0.2) is 42.5 Å². The van der Waals surface area contributed by atoms with Crippen LogP contribution in [0, 0.1) is 10.1 Å². The summed E-state index contributed by atoms with van der Waals surface area (Å²) in [5.74, 6) is -0.746. The summed E-state index contributed by atoms with van der Waals surface area (Å²) in [6.45, 7) is 0.142. The first kappa shape index (κ1) is 18.4. The molecule has 0 saturated heterocycles. The van der Waals surface area contributed by atoms with Crippen LogP contribution in [-0.2, 0) is 16.0 Å². The molecule has 0 aromatic heterocycles. The minimum absolute atomic E-state index is 0.0383. The molecule has 3 rings (SSSR count). The van der Waals surface area contributed by atoms with Gasteiger partial charge in [-0.1, -0.05) is 18.2 Å². The number of esters is 1. The molecule has 0 aliphatic carbocycles. The molecule has 1 aliphatic rings. The SMILES string of the molecule is COC(=O)c1cccc2c1CCCN2C(=O)COc1ccccc1[N+](=O)[O-]. The predicted molar refractivity (Wildman–Crippen MR) is 97.0 cm³/mol. The number of hydrogen-bond donors (Lipinski definition) is 0. The molecule has 0 fully saturated rings. The summed E-state index contributed by atoms with van der Waals surface area (Å²) >= 11 is 0. The average molecular weight is 370 g/mol. The molecule has 1 heterocycles. The molecule has 140 valence electrons. The Morgan fingerprint density at radius 1 is 1.19 bits per heavy atom. The summed E-state index contributed by atoms with van der Waals surface area (Å²) in [5, 5.41) is 11.0.